The SMILES string of the molecule is NC(=O)COC(=O)N1CCN(c2ccc(-c3cccc(C(F)(F)F)c3)cn2)CC1. The zero-order valence-electron chi connectivity index (χ0n) is 15.4. The van der Waals surface area contributed by atoms with Crippen LogP contribution in [0.5, 0.6) is 0 Å². The van der Waals surface area contributed by atoms with E-state index in [1.54, 1.807) is 18.2 Å². The van der Waals surface area contributed by atoms with Gasteiger partial charge in [-0.3, -0.25) is 4.79 Å². The number of piperazine rings is 1. The molecule has 2 N–H and O–H groups in total. The van der Waals surface area contributed by atoms with Crippen molar-refractivity contribution in [3.8, 4) is 11.1 Å². The predicted molar refractivity (Wildman–Crippen MR) is 99.0 cm³/mol. The first-order valence-corrected chi connectivity index (χ1v) is 8.82. The van der Waals surface area contributed by atoms with Crippen molar-refractivity contribution in [1.29, 1.82) is 0 Å². The Morgan fingerprint density at radius 2 is 1.79 bits per heavy atom. The van der Waals surface area contributed by atoms with Crippen molar-refractivity contribution in [1.82, 2.24) is 9.88 Å². The van der Waals surface area contributed by atoms with E-state index >= 15 is 0 Å². The number of hydrogen-bond acceptors (Lipinski definition) is 5. The lowest BCUT2D eigenvalue weighted by molar-refractivity contribution is -0.137. The largest absolute Gasteiger partial charge is 0.439 e. The van der Waals surface area contributed by atoms with E-state index in [-0.39, 0.29) is 0 Å². The number of benzene rings is 1. The van der Waals surface area contributed by atoms with Gasteiger partial charge in [0.1, 0.15) is 5.82 Å². The lowest BCUT2D eigenvalue weighted by Crippen LogP contribution is -2.49. The molecule has 10 heteroatoms. The Labute approximate surface area is 164 Å². The summed E-state index contributed by atoms with van der Waals surface area (Å²) in [6, 6.07) is 8.53. The summed E-state index contributed by atoms with van der Waals surface area (Å²) in [7, 11) is 0. The number of aromatic nitrogens is 1. The molecule has 1 fully saturated rings. The van der Waals surface area contributed by atoms with E-state index in [1.807, 2.05) is 4.90 Å². The fraction of sp³-hybridized carbons (Fsp3) is 0.316. The topological polar surface area (TPSA) is 88.8 Å². The van der Waals surface area contributed by atoms with Gasteiger partial charge in [-0.15, -0.1) is 0 Å². The molecule has 7 nitrogen and oxygen atoms in total. The highest BCUT2D eigenvalue weighted by atomic mass is 19.4. The van der Waals surface area contributed by atoms with Crippen LogP contribution in [0.2, 0.25) is 0 Å². The maximum atomic E-state index is 12.9. The molecular weight excluding hydrogens is 389 g/mol. The molecule has 1 aliphatic rings. The fourth-order valence-electron chi connectivity index (χ4n) is 2.96. The van der Waals surface area contributed by atoms with Gasteiger partial charge in [0.15, 0.2) is 6.61 Å². The van der Waals surface area contributed by atoms with Crippen molar-refractivity contribution in [3.63, 3.8) is 0 Å². The molecule has 3 rings (SSSR count). The molecule has 0 unspecified atom stereocenters. The molecule has 0 saturated carbocycles. The molecule has 1 aliphatic heterocycles. The second-order valence-corrected chi connectivity index (χ2v) is 6.48. The van der Waals surface area contributed by atoms with Crippen molar-refractivity contribution in [2.45, 2.75) is 6.18 Å². The molecule has 1 aromatic carbocycles. The second-order valence-electron chi connectivity index (χ2n) is 6.48. The van der Waals surface area contributed by atoms with E-state index in [4.69, 9.17) is 10.5 Å². The number of hydrogen-bond donors (Lipinski definition) is 1. The molecule has 0 radical (unpaired) electrons. The molecule has 0 bridgehead atoms. The van der Waals surface area contributed by atoms with Gasteiger partial charge in [-0.1, -0.05) is 12.1 Å². The minimum atomic E-state index is -4.40. The number of anilines is 1. The van der Waals surface area contributed by atoms with Crippen LogP contribution in [-0.4, -0.2) is 54.7 Å². The lowest BCUT2D eigenvalue weighted by atomic mass is 10.0. The number of primary amides is 1. The highest BCUT2D eigenvalue weighted by Gasteiger charge is 2.30. The summed E-state index contributed by atoms with van der Waals surface area (Å²) in [5.74, 6) is -0.0621. The number of alkyl halides is 3. The van der Waals surface area contributed by atoms with E-state index in [9.17, 15) is 22.8 Å². The monoisotopic (exact) mass is 408 g/mol. The number of carbonyl (C=O) groups excluding carboxylic acids is 2. The maximum Gasteiger partial charge on any atom is 0.416 e. The van der Waals surface area contributed by atoms with Gasteiger partial charge in [0, 0.05) is 37.9 Å². The average molecular weight is 408 g/mol. The highest BCUT2D eigenvalue weighted by Crippen LogP contribution is 2.32. The van der Waals surface area contributed by atoms with E-state index in [0.29, 0.717) is 43.1 Å². The number of carbonyl (C=O) groups is 2. The van der Waals surface area contributed by atoms with Crippen LogP contribution in [0.3, 0.4) is 0 Å². The van der Waals surface area contributed by atoms with Crippen molar-refractivity contribution in [2.24, 2.45) is 5.73 Å². The summed E-state index contributed by atoms with van der Waals surface area (Å²) in [6.45, 7) is 1.31. The zero-order valence-corrected chi connectivity index (χ0v) is 15.4. The summed E-state index contributed by atoms with van der Waals surface area (Å²) >= 11 is 0. The van der Waals surface area contributed by atoms with Crippen molar-refractivity contribution in [3.05, 3.63) is 48.2 Å². The number of nitrogens with two attached hydrogens (primary N) is 1. The molecule has 2 amide bonds. The smallest absolute Gasteiger partial charge is 0.416 e. The molecule has 154 valence electrons. The number of ether oxygens (including phenoxy) is 1. The van der Waals surface area contributed by atoms with Crippen LogP contribution >= 0.6 is 0 Å². The summed E-state index contributed by atoms with van der Waals surface area (Å²) in [5, 5.41) is 0. The predicted octanol–water partition coefficient (Wildman–Crippen LogP) is 2.51. The van der Waals surface area contributed by atoms with Gasteiger partial charge in [0.25, 0.3) is 5.91 Å². The zero-order chi connectivity index (χ0) is 21.0. The van der Waals surface area contributed by atoms with Gasteiger partial charge in [-0.25, -0.2) is 9.78 Å². The normalized spacial score (nSPS) is 14.6. The fourth-order valence-corrected chi connectivity index (χ4v) is 2.96. The second kappa shape index (κ2) is 8.38. The van der Waals surface area contributed by atoms with Crippen molar-refractivity contribution >= 4 is 17.8 Å². The first-order chi connectivity index (χ1) is 13.7. The molecule has 0 aliphatic carbocycles. The van der Waals surface area contributed by atoms with E-state index < -0.39 is 30.3 Å². The number of halogens is 3. The number of rotatable bonds is 4. The Kier molecular flexibility index (Phi) is 5.90. The maximum absolute atomic E-state index is 12.9. The Bertz CT molecular complexity index is 879. The number of nitrogens with zero attached hydrogens (tertiary/aromatic N) is 3. The molecule has 1 aromatic heterocycles. The first-order valence-electron chi connectivity index (χ1n) is 8.82. The molecule has 2 heterocycles. The van der Waals surface area contributed by atoms with Gasteiger partial charge in [-0.2, -0.15) is 13.2 Å². The highest BCUT2D eigenvalue weighted by molar-refractivity contribution is 5.78. The van der Waals surface area contributed by atoms with Gasteiger partial charge in [0.2, 0.25) is 0 Å². The molecule has 1 saturated heterocycles. The summed E-state index contributed by atoms with van der Waals surface area (Å²) < 4.78 is 43.4. The summed E-state index contributed by atoms with van der Waals surface area (Å²) in [4.78, 5) is 30.3. The Morgan fingerprint density at radius 3 is 2.38 bits per heavy atom. The Hall–Kier alpha value is -3.30. The molecule has 2 aromatic rings. The Balaban J connectivity index is 1.62. The van der Waals surface area contributed by atoms with Gasteiger partial charge < -0.3 is 20.3 Å². The van der Waals surface area contributed by atoms with E-state index in [0.717, 1.165) is 12.1 Å². The molecule has 29 heavy (non-hydrogen) atoms. The molecule has 0 spiro atoms. The van der Waals surface area contributed by atoms with Crippen LogP contribution in [-0.2, 0) is 15.7 Å². The molecule has 0 atom stereocenters. The minimum absolute atomic E-state index is 0.384. The van der Waals surface area contributed by atoms with Crippen LogP contribution in [0.25, 0.3) is 11.1 Å². The first kappa shape index (κ1) is 20.4. The minimum Gasteiger partial charge on any atom is -0.439 e. The number of pyridine rings is 1. The van der Waals surface area contributed by atoms with Crippen LogP contribution in [0, 0.1) is 0 Å². The van der Waals surface area contributed by atoms with Crippen LogP contribution in [0.1, 0.15) is 5.56 Å². The van der Waals surface area contributed by atoms with Crippen molar-refractivity contribution in [2.75, 3.05) is 37.7 Å². The van der Waals surface area contributed by atoms with Crippen LogP contribution < -0.4 is 10.6 Å². The van der Waals surface area contributed by atoms with Gasteiger partial charge in [-0.05, 0) is 29.8 Å². The quantitative estimate of drug-likeness (QED) is 0.840. The average Bonchev–Trinajstić information content (AvgIpc) is 2.72. The third kappa shape index (κ3) is 5.15. The Morgan fingerprint density at radius 1 is 1.07 bits per heavy atom. The molecular formula is C19H19F3N4O3. The number of amides is 2. The third-order valence-corrected chi connectivity index (χ3v) is 4.47. The standard InChI is InChI=1S/C19H19F3N4O3/c20-19(21,22)15-3-1-2-13(10-15)14-4-5-17(24-11-14)25-6-8-26(9-7-25)18(28)29-12-16(23)27/h1-5,10-11H,6-9,12H2,(H2,23,27). The van der Waals surface area contributed by atoms with E-state index in [1.165, 1.54) is 17.2 Å². The summed E-state index contributed by atoms with van der Waals surface area (Å²) in [6.07, 6.45) is -3.48. The third-order valence-electron chi connectivity index (χ3n) is 4.47. The van der Waals surface area contributed by atoms with Crippen molar-refractivity contribution < 1.29 is 27.5 Å². The lowest BCUT2D eigenvalue weighted by Gasteiger charge is -2.34. The van der Waals surface area contributed by atoms with E-state index in [2.05, 4.69) is 4.98 Å². The van der Waals surface area contributed by atoms with Gasteiger partial charge in [0.05, 0.1) is 5.56 Å². The van der Waals surface area contributed by atoms with Gasteiger partial charge >= 0.3 is 12.3 Å². The summed E-state index contributed by atoms with van der Waals surface area (Å²) in [5.41, 5.74) is 5.24. The van der Waals surface area contributed by atoms with Crippen LogP contribution in [0.15, 0.2) is 42.6 Å². The van der Waals surface area contributed by atoms with Crippen LogP contribution in [0.4, 0.5) is 23.8 Å².